The van der Waals surface area contributed by atoms with E-state index in [2.05, 4.69) is 27.2 Å². The molecule has 0 aliphatic carbocycles. The molecule has 1 amide bonds. The Balaban J connectivity index is 1.17. The van der Waals surface area contributed by atoms with Gasteiger partial charge in [0.25, 0.3) is 11.8 Å². The molecule has 3 aromatic carbocycles. The lowest BCUT2D eigenvalue weighted by molar-refractivity contribution is -0.133. The summed E-state index contributed by atoms with van der Waals surface area (Å²) < 4.78 is 11.2. The third-order valence-corrected chi connectivity index (χ3v) is 5.66. The highest BCUT2D eigenvalue weighted by atomic mass is 16.5. The Bertz CT molecular complexity index is 1200. The van der Waals surface area contributed by atoms with Crippen molar-refractivity contribution in [3.05, 3.63) is 84.9 Å². The molecule has 0 saturated carbocycles. The van der Waals surface area contributed by atoms with Gasteiger partial charge in [-0.2, -0.15) is 4.98 Å². The van der Waals surface area contributed by atoms with Crippen LogP contribution in [0, 0.1) is 0 Å². The number of anilines is 1. The first-order valence-electron chi connectivity index (χ1n) is 11.0. The number of hydrogen-bond donors (Lipinski definition) is 0. The Hall–Kier alpha value is -4.13. The van der Waals surface area contributed by atoms with Crippen molar-refractivity contribution in [2.45, 2.75) is 0 Å². The summed E-state index contributed by atoms with van der Waals surface area (Å²) in [6.07, 6.45) is 0. The van der Waals surface area contributed by atoms with E-state index in [0.29, 0.717) is 30.6 Å². The minimum Gasteiger partial charge on any atom is -0.484 e. The van der Waals surface area contributed by atoms with Gasteiger partial charge < -0.3 is 19.1 Å². The minimum atomic E-state index is -0.0164. The van der Waals surface area contributed by atoms with E-state index in [0.717, 1.165) is 24.2 Å². The lowest BCUT2D eigenvalue weighted by atomic mass is 10.2. The van der Waals surface area contributed by atoms with Gasteiger partial charge in [-0.25, -0.2) is 0 Å². The lowest BCUT2D eigenvalue weighted by Crippen LogP contribution is -2.50. The topological polar surface area (TPSA) is 71.7 Å². The van der Waals surface area contributed by atoms with E-state index in [1.807, 2.05) is 77.7 Å². The number of carbonyl (C=O) groups is 1. The second kappa shape index (κ2) is 9.56. The van der Waals surface area contributed by atoms with Crippen molar-refractivity contribution in [2.24, 2.45) is 0 Å². The van der Waals surface area contributed by atoms with E-state index in [9.17, 15) is 4.79 Å². The van der Waals surface area contributed by atoms with Crippen molar-refractivity contribution in [3.63, 3.8) is 0 Å². The first kappa shape index (κ1) is 20.8. The zero-order valence-electron chi connectivity index (χ0n) is 18.1. The van der Waals surface area contributed by atoms with Gasteiger partial charge in [0.15, 0.2) is 6.61 Å². The molecular weight excluding hydrogens is 416 g/mol. The van der Waals surface area contributed by atoms with Crippen LogP contribution < -0.4 is 9.64 Å². The molecule has 7 nitrogen and oxygen atoms in total. The van der Waals surface area contributed by atoms with Crippen molar-refractivity contribution < 1.29 is 14.1 Å². The van der Waals surface area contributed by atoms with Crippen LogP contribution in [0.25, 0.3) is 22.8 Å². The Kier molecular flexibility index (Phi) is 6.01. The average molecular weight is 441 g/mol. The van der Waals surface area contributed by atoms with Crippen LogP contribution in [0.4, 0.5) is 5.69 Å². The molecule has 0 bridgehead atoms. The van der Waals surface area contributed by atoms with Gasteiger partial charge in [0, 0.05) is 43.0 Å². The molecule has 1 saturated heterocycles. The number of carbonyl (C=O) groups excluding carboxylic acids is 1. The monoisotopic (exact) mass is 440 g/mol. The zero-order valence-corrected chi connectivity index (χ0v) is 18.1. The second-order valence-electron chi connectivity index (χ2n) is 7.81. The van der Waals surface area contributed by atoms with E-state index >= 15 is 0 Å². The number of benzene rings is 3. The molecule has 0 atom stereocenters. The molecule has 1 aromatic heterocycles. The number of para-hydroxylation sites is 1. The summed E-state index contributed by atoms with van der Waals surface area (Å²) in [7, 11) is 0. The standard InChI is InChI=1S/C26H24N4O3/c31-24(30-16-14-29(15-17-30)22-11-5-2-6-12-22)19-32-23-13-7-10-21(18-23)26-27-25(28-33-26)20-8-3-1-4-9-20/h1-13,18H,14-17,19H2. The highest BCUT2D eigenvalue weighted by Crippen LogP contribution is 2.25. The van der Waals surface area contributed by atoms with Crippen molar-refractivity contribution in [1.29, 1.82) is 0 Å². The van der Waals surface area contributed by atoms with E-state index in [-0.39, 0.29) is 12.5 Å². The van der Waals surface area contributed by atoms with Crippen LogP contribution in [0.1, 0.15) is 0 Å². The third-order valence-electron chi connectivity index (χ3n) is 5.66. The number of hydrogen-bond acceptors (Lipinski definition) is 6. The SMILES string of the molecule is O=C(COc1cccc(-c2nc(-c3ccccc3)no2)c1)N1CCN(c2ccccc2)CC1. The first-order chi connectivity index (χ1) is 16.3. The van der Waals surface area contributed by atoms with Gasteiger partial charge >= 0.3 is 0 Å². The minimum absolute atomic E-state index is 0.00606. The predicted octanol–water partition coefficient (Wildman–Crippen LogP) is 4.13. The van der Waals surface area contributed by atoms with Crippen LogP contribution in [0.3, 0.4) is 0 Å². The van der Waals surface area contributed by atoms with Gasteiger partial charge in [0.1, 0.15) is 5.75 Å². The zero-order chi connectivity index (χ0) is 22.5. The van der Waals surface area contributed by atoms with Crippen molar-refractivity contribution in [3.8, 4) is 28.6 Å². The largest absolute Gasteiger partial charge is 0.484 e. The van der Waals surface area contributed by atoms with E-state index in [1.54, 1.807) is 0 Å². The lowest BCUT2D eigenvalue weighted by Gasteiger charge is -2.36. The van der Waals surface area contributed by atoms with Crippen molar-refractivity contribution in [2.75, 3.05) is 37.7 Å². The maximum atomic E-state index is 12.7. The molecule has 7 heteroatoms. The molecule has 2 heterocycles. The summed E-state index contributed by atoms with van der Waals surface area (Å²) in [6, 6.07) is 27.3. The van der Waals surface area contributed by atoms with Gasteiger partial charge in [-0.15, -0.1) is 0 Å². The second-order valence-corrected chi connectivity index (χ2v) is 7.81. The van der Waals surface area contributed by atoms with Crippen LogP contribution in [-0.2, 0) is 4.79 Å². The third kappa shape index (κ3) is 4.87. The van der Waals surface area contributed by atoms with Crippen LogP contribution in [0.5, 0.6) is 5.75 Å². The average Bonchev–Trinajstić information content (AvgIpc) is 3.39. The molecule has 33 heavy (non-hydrogen) atoms. The Morgan fingerprint density at radius 2 is 1.55 bits per heavy atom. The molecule has 0 N–H and O–H groups in total. The van der Waals surface area contributed by atoms with Gasteiger partial charge in [0.05, 0.1) is 0 Å². The highest BCUT2D eigenvalue weighted by Gasteiger charge is 2.21. The molecule has 0 radical (unpaired) electrons. The fourth-order valence-electron chi connectivity index (χ4n) is 3.85. The molecule has 5 rings (SSSR count). The maximum absolute atomic E-state index is 12.7. The number of ether oxygens (including phenoxy) is 1. The molecule has 0 spiro atoms. The number of amides is 1. The number of rotatable bonds is 6. The Morgan fingerprint density at radius 1 is 0.848 bits per heavy atom. The summed E-state index contributed by atoms with van der Waals surface area (Å²) in [5.74, 6) is 1.50. The fraction of sp³-hybridized carbons (Fsp3) is 0.192. The molecular formula is C26H24N4O3. The quantitative estimate of drug-likeness (QED) is 0.449. The summed E-state index contributed by atoms with van der Waals surface area (Å²) in [5, 5.41) is 4.06. The molecule has 1 aliphatic rings. The molecule has 1 aliphatic heterocycles. The van der Waals surface area contributed by atoms with E-state index < -0.39 is 0 Å². The highest BCUT2D eigenvalue weighted by molar-refractivity contribution is 5.78. The molecule has 4 aromatic rings. The van der Waals surface area contributed by atoms with Crippen molar-refractivity contribution >= 4 is 11.6 Å². The van der Waals surface area contributed by atoms with Gasteiger partial charge in [0.2, 0.25) is 5.82 Å². The smallest absolute Gasteiger partial charge is 0.260 e. The number of piperazine rings is 1. The maximum Gasteiger partial charge on any atom is 0.260 e. The summed E-state index contributed by atoms with van der Waals surface area (Å²) in [4.78, 5) is 21.3. The van der Waals surface area contributed by atoms with Crippen LogP contribution in [0.2, 0.25) is 0 Å². The fourth-order valence-corrected chi connectivity index (χ4v) is 3.85. The van der Waals surface area contributed by atoms with E-state index in [4.69, 9.17) is 9.26 Å². The van der Waals surface area contributed by atoms with Gasteiger partial charge in [-0.1, -0.05) is 59.8 Å². The molecule has 0 unspecified atom stereocenters. The van der Waals surface area contributed by atoms with Crippen molar-refractivity contribution in [1.82, 2.24) is 15.0 Å². The summed E-state index contributed by atoms with van der Waals surface area (Å²) in [5.41, 5.74) is 2.82. The normalized spacial score (nSPS) is 13.7. The Morgan fingerprint density at radius 3 is 2.30 bits per heavy atom. The Labute approximate surface area is 192 Å². The van der Waals surface area contributed by atoms with Gasteiger partial charge in [-0.05, 0) is 30.3 Å². The summed E-state index contributed by atoms with van der Waals surface area (Å²) in [6.45, 7) is 2.98. The van der Waals surface area contributed by atoms with Gasteiger partial charge in [-0.3, -0.25) is 4.79 Å². The number of nitrogens with zero attached hydrogens (tertiary/aromatic N) is 4. The summed E-state index contributed by atoms with van der Waals surface area (Å²) >= 11 is 0. The first-order valence-corrected chi connectivity index (χ1v) is 11.0. The molecule has 166 valence electrons. The number of aromatic nitrogens is 2. The van der Waals surface area contributed by atoms with E-state index in [1.165, 1.54) is 5.69 Å². The van der Waals surface area contributed by atoms with Crippen LogP contribution in [0.15, 0.2) is 89.5 Å². The predicted molar refractivity (Wildman–Crippen MR) is 126 cm³/mol. The van der Waals surface area contributed by atoms with Crippen LogP contribution >= 0.6 is 0 Å². The van der Waals surface area contributed by atoms with Crippen LogP contribution in [-0.4, -0.2) is 53.7 Å². The molecule has 1 fully saturated rings.